The number of benzene rings is 2. The molecule has 2 unspecified atom stereocenters. The van der Waals surface area contributed by atoms with E-state index in [1.165, 1.54) is 16.8 Å². The van der Waals surface area contributed by atoms with Gasteiger partial charge in [0.2, 0.25) is 0 Å². The van der Waals surface area contributed by atoms with E-state index in [1.807, 2.05) is 0 Å². The van der Waals surface area contributed by atoms with Crippen LogP contribution in [0.5, 0.6) is 0 Å². The van der Waals surface area contributed by atoms with E-state index >= 15 is 0 Å². The zero-order valence-corrected chi connectivity index (χ0v) is 11.9. The normalized spacial score (nSPS) is 22.1. The molecule has 92 valence electrons. The number of fused-ring (bicyclic) bond motifs is 1. The van der Waals surface area contributed by atoms with Gasteiger partial charge in [-0.05, 0) is 41.7 Å². The fraction of sp³-hybridized carbons (Fsp3) is 0.250. The monoisotopic (exact) mass is 301 g/mol. The van der Waals surface area contributed by atoms with Crippen molar-refractivity contribution in [2.24, 2.45) is 5.92 Å². The lowest BCUT2D eigenvalue weighted by Gasteiger charge is -2.33. The molecule has 2 aromatic rings. The zero-order valence-electron chi connectivity index (χ0n) is 10.4. The molecule has 2 aromatic carbocycles. The number of anilines is 1. The van der Waals surface area contributed by atoms with Crippen molar-refractivity contribution in [2.75, 3.05) is 5.32 Å². The van der Waals surface area contributed by atoms with Crippen LogP contribution in [0.15, 0.2) is 53.0 Å². The van der Waals surface area contributed by atoms with Crippen molar-refractivity contribution < 1.29 is 0 Å². The summed E-state index contributed by atoms with van der Waals surface area (Å²) < 4.78 is 1.16. The highest BCUT2D eigenvalue weighted by Gasteiger charge is 2.25. The highest BCUT2D eigenvalue weighted by atomic mass is 79.9. The Morgan fingerprint density at radius 1 is 1.11 bits per heavy atom. The molecule has 0 amide bonds. The lowest BCUT2D eigenvalue weighted by Crippen LogP contribution is -2.25. The molecule has 3 rings (SSSR count). The van der Waals surface area contributed by atoms with Crippen LogP contribution in [0.3, 0.4) is 0 Å². The molecule has 1 aliphatic rings. The average Bonchev–Trinajstić information content (AvgIpc) is 2.39. The highest BCUT2D eigenvalue weighted by molar-refractivity contribution is 9.10. The van der Waals surface area contributed by atoms with Gasteiger partial charge in [0.05, 0.1) is 6.04 Å². The van der Waals surface area contributed by atoms with E-state index in [0.29, 0.717) is 12.0 Å². The Hall–Kier alpha value is -1.28. The van der Waals surface area contributed by atoms with Crippen LogP contribution in [0, 0.1) is 5.92 Å². The highest BCUT2D eigenvalue weighted by Crippen LogP contribution is 2.37. The maximum atomic E-state index is 3.67. The molecule has 1 aliphatic heterocycles. The summed E-state index contributed by atoms with van der Waals surface area (Å²) in [5.41, 5.74) is 4.05. The topological polar surface area (TPSA) is 12.0 Å². The molecule has 1 heterocycles. The van der Waals surface area contributed by atoms with Gasteiger partial charge in [0.1, 0.15) is 0 Å². The van der Waals surface area contributed by atoms with E-state index in [2.05, 4.69) is 76.7 Å². The third-order valence-electron chi connectivity index (χ3n) is 3.65. The molecule has 0 bridgehead atoms. The number of halogens is 1. The van der Waals surface area contributed by atoms with Crippen LogP contribution in [0.1, 0.15) is 24.1 Å². The van der Waals surface area contributed by atoms with Gasteiger partial charge in [-0.15, -0.1) is 0 Å². The Labute approximate surface area is 116 Å². The van der Waals surface area contributed by atoms with Crippen LogP contribution in [-0.4, -0.2) is 0 Å². The van der Waals surface area contributed by atoms with Crippen molar-refractivity contribution in [1.29, 1.82) is 0 Å². The van der Waals surface area contributed by atoms with Gasteiger partial charge in [-0.1, -0.05) is 53.2 Å². The van der Waals surface area contributed by atoms with Crippen LogP contribution in [0.2, 0.25) is 0 Å². The van der Waals surface area contributed by atoms with Gasteiger partial charge in [-0.3, -0.25) is 0 Å². The van der Waals surface area contributed by atoms with Crippen LogP contribution in [-0.2, 0) is 6.42 Å². The van der Waals surface area contributed by atoms with Crippen LogP contribution in [0.4, 0.5) is 5.69 Å². The summed E-state index contributed by atoms with van der Waals surface area (Å²) in [5, 5.41) is 3.67. The lowest BCUT2D eigenvalue weighted by atomic mass is 9.85. The molecular formula is C16H16BrN. The Kier molecular flexibility index (Phi) is 3.13. The van der Waals surface area contributed by atoms with Gasteiger partial charge in [0.25, 0.3) is 0 Å². The zero-order chi connectivity index (χ0) is 12.5. The second-order valence-corrected chi connectivity index (χ2v) is 5.93. The molecule has 0 aromatic heterocycles. The summed E-state index contributed by atoms with van der Waals surface area (Å²) in [6.07, 6.45) is 1.13. The van der Waals surface area contributed by atoms with Crippen LogP contribution < -0.4 is 5.32 Å². The molecule has 18 heavy (non-hydrogen) atoms. The predicted molar refractivity (Wildman–Crippen MR) is 79.8 cm³/mol. The van der Waals surface area contributed by atoms with Crippen molar-refractivity contribution in [3.63, 3.8) is 0 Å². The first-order valence-electron chi connectivity index (χ1n) is 6.34. The Bertz CT molecular complexity index is 550. The smallest absolute Gasteiger partial charge is 0.0542 e. The Morgan fingerprint density at radius 2 is 1.89 bits per heavy atom. The van der Waals surface area contributed by atoms with E-state index < -0.39 is 0 Å². The van der Waals surface area contributed by atoms with Crippen LogP contribution in [0.25, 0.3) is 0 Å². The fourth-order valence-corrected chi connectivity index (χ4v) is 3.13. The van der Waals surface area contributed by atoms with E-state index in [9.17, 15) is 0 Å². The summed E-state index contributed by atoms with van der Waals surface area (Å²) >= 11 is 3.54. The lowest BCUT2D eigenvalue weighted by molar-refractivity contribution is 0.479. The Balaban J connectivity index is 1.95. The molecule has 1 nitrogen and oxygen atoms in total. The standard InChI is InChI=1S/C16H16BrN/c1-11-9-13-10-14(17)7-8-15(13)18-16(11)12-5-3-2-4-6-12/h2-8,10-11,16,18H,9H2,1H3. The second-order valence-electron chi connectivity index (χ2n) is 5.02. The van der Waals surface area contributed by atoms with E-state index in [4.69, 9.17) is 0 Å². The summed E-state index contributed by atoms with van der Waals surface area (Å²) in [5.74, 6) is 0.606. The number of hydrogen-bond donors (Lipinski definition) is 1. The third kappa shape index (κ3) is 2.17. The summed E-state index contributed by atoms with van der Waals surface area (Å²) in [6.45, 7) is 2.31. The van der Waals surface area contributed by atoms with Crippen molar-refractivity contribution >= 4 is 21.6 Å². The van der Waals surface area contributed by atoms with Gasteiger partial charge in [-0.2, -0.15) is 0 Å². The van der Waals surface area contributed by atoms with E-state index in [1.54, 1.807) is 0 Å². The third-order valence-corrected chi connectivity index (χ3v) is 4.14. The Morgan fingerprint density at radius 3 is 2.67 bits per heavy atom. The van der Waals surface area contributed by atoms with E-state index in [-0.39, 0.29) is 0 Å². The minimum absolute atomic E-state index is 0.417. The molecule has 2 atom stereocenters. The second kappa shape index (κ2) is 4.77. The first-order valence-corrected chi connectivity index (χ1v) is 7.13. The summed E-state index contributed by atoms with van der Waals surface area (Å²) in [6, 6.07) is 17.6. The predicted octanol–water partition coefficient (Wildman–Crippen LogP) is 4.79. The molecular weight excluding hydrogens is 286 g/mol. The fourth-order valence-electron chi connectivity index (χ4n) is 2.72. The van der Waals surface area contributed by atoms with Gasteiger partial charge < -0.3 is 5.32 Å². The molecule has 0 fully saturated rings. The van der Waals surface area contributed by atoms with E-state index in [0.717, 1.165) is 10.9 Å². The van der Waals surface area contributed by atoms with Crippen molar-refractivity contribution in [3.05, 3.63) is 64.1 Å². The summed E-state index contributed by atoms with van der Waals surface area (Å²) in [4.78, 5) is 0. The van der Waals surface area contributed by atoms with Crippen LogP contribution >= 0.6 is 15.9 Å². The van der Waals surface area contributed by atoms with Crippen molar-refractivity contribution in [2.45, 2.75) is 19.4 Å². The van der Waals surface area contributed by atoms with Crippen molar-refractivity contribution in [3.8, 4) is 0 Å². The SMILES string of the molecule is CC1Cc2cc(Br)ccc2NC1c1ccccc1. The maximum absolute atomic E-state index is 3.67. The van der Waals surface area contributed by atoms with Gasteiger partial charge in [0, 0.05) is 10.2 Å². The molecule has 1 N–H and O–H groups in total. The minimum atomic E-state index is 0.417. The molecule has 0 aliphatic carbocycles. The number of rotatable bonds is 1. The number of hydrogen-bond acceptors (Lipinski definition) is 1. The largest absolute Gasteiger partial charge is 0.378 e. The molecule has 2 heteroatoms. The maximum Gasteiger partial charge on any atom is 0.0542 e. The average molecular weight is 302 g/mol. The first-order chi connectivity index (χ1) is 8.74. The summed E-state index contributed by atoms with van der Waals surface area (Å²) in [7, 11) is 0. The minimum Gasteiger partial charge on any atom is -0.378 e. The van der Waals surface area contributed by atoms with Gasteiger partial charge in [-0.25, -0.2) is 0 Å². The molecule has 0 saturated carbocycles. The van der Waals surface area contributed by atoms with Crippen molar-refractivity contribution in [1.82, 2.24) is 0 Å². The first kappa shape index (κ1) is 11.8. The quantitative estimate of drug-likeness (QED) is 0.798. The molecule has 0 saturated heterocycles. The van der Waals surface area contributed by atoms with Gasteiger partial charge in [0.15, 0.2) is 0 Å². The van der Waals surface area contributed by atoms with Gasteiger partial charge >= 0.3 is 0 Å². The molecule has 0 radical (unpaired) electrons. The number of nitrogens with one attached hydrogen (secondary N) is 1. The molecule has 0 spiro atoms.